The zero-order valence-electron chi connectivity index (χ0n) is 16.0. The summed E-state index contributed by atoms with van der Waals surface area (Å²) in [4.78, 5) is 50.6. The standard InChI is InChI=1S/C23H17N3O4/c1-13-4-2-3-5-19(13)26-22(29)17-11-8-15(12-18(17)23(26)30)21(28)25-16-9-6-14(7-10-16)20(24)27/h2-12H,1H3,(H2,24,27)(H,25,28). The van der Waals surface area contributed by atoms with E-state index in [1.54, 1.807) is 24.3 Å². The fourth-order valence-corrected chi connectivity index (χ4v) is 3.34. The zero-order valence-corrected chi connectivity index (χ0v) is 16.0. The predicted octanol–water partition coefficient (Wildman–Crippen LogP) is 3.15. The molecule has 0 unspecified atom stereocenters. The first kappa shape index (κ1) is 19.1. The van der Waals surface area contributed by atoms with Crippen molar-refractivity contribution in [1.82, 2.24) is 0 Å². The average Bonchev–Trinajstić information content (AvgIpc) is 2.98. The molecule has 0 saturated heterocycles. The highest BCUT2D eigenvalue weighted by Gasteiger charge is 2.37. The van der Waals surface area contributed by atoms with Gasteiger partial charge in [0.05, 0.1) is 16.8 Å². The molecule has 7 heteroatoms. The number of benzene rings is 3. The van der Waals surface area contributed by atoms with E-state index in [-0.39, 0.29) is 16.7 Å². The van der Waals surface area contributed by atoms with Crippen LogP contribution in [0.25, 0.3) is 0 Å². The molecule has 0 spiro atoms. The summed E-state index contributed by atoms with van der Waals surface area (Å²) in [5.74, 6) is -1.89. The SMILES string of the molecule is Cc1ccccc1N1C(=O)c2ccc(C(=O)Nc3ccc(C(N)=O)cc3)cc2C1=O. The van der Waals surface area contributed by atoms with Crippen LogP contribution >= 0.6 is 0 Å². The highest BCUT2D eigenvalue weighted by atomic mass is 16.2. The van der Waals surface area contributed by atoms with Gasteiger partial charge in [0.25, 0.3) is 17.7 Å². The molecule has 0 saturated carbocycles. The van der Waals surface area contributed by atoms with Crippen LogP contribution in [-0.2, 0) is 0 Å². The van der Waals surface area contributed by atoms with Gasteiger partial charge in [0.1, 0.15) is 0 Å². The maximum atomic E-state index is 12.9. The number of nitrogens with two attached hydrogens (primary N) is 1. The lowest BCUT2D eigenvalue weighted by molar-refractivity contribution is 0.0923. The fraction of sp³-hybridized carbons (Fsp3) is 0.0435. The molecule has 3 N–H and O–H groups in total. The van der Waals surface area contributed by atoms with Crippen molar-refractivity contribution in [1.29, 1.82) is 0 Å². The number of hydrogen-bond donors (Lipinski definition) is 2. The number of carbonyl (C=O) groups excluding carboxylic acids is 4. The molecule has 1 heterocycles. The van der Waals surface area contributed by atoms with Crippen molar-refractivity contribution >= 4 is 35.0 Å². The highest BCUT2D eigenvalue weighted by molar-refractivity contribution is 6.35. The van der Waals surface area contributed by atoms with E-state index in [1.165, 1.54) is 30.3 Å². The Balaban J connectivity index is 1.60. The summed E-state index contributed by atoms with van der Waals surface area (Å²) in [7, 11) is 0. The van der Waals surface area contributed by atoms with E-state index in [0.29, 0.717) is 16.9 Å². The molecule has 0 aliphatic carbocycles. The smallest absolute Gasteiger partial charge is 0.266 e. The van der Waals surface area contributed by atoms with Gasteiger partial charge in [-0.05, 0) is 61.0 Å². The van der Waals surface area contributed by atoms with E-state index in [4.69, 9.17) is 5.73 Å². The molecule has 1 aliphatic heterocycles. The van der Waals surface area contributed by atoms with Crippen LogP contribution in [0, 0.1) is 6.92 Å². The van der Waals surface area contributed by atoms with E-state index in [1.807, 2.05) is 19.1 Å². The number of primary amides is 1. The van der Waals surface area contributed by atoms with Crippen LogP contribution in [0.4, 0.5) is 11.4 Å². The molecule has 30 heavy (non-hydrogen) atoms. The average molecular weight is 399 g/mol. The number of anilines is 2. The first-order valence-corrected chi connectivity index (χ1v) is 9.16. The minimum atomic E-state index is -0.562. The maximum Gasteiger partial charge on any atom is 0.266 e. The third-order valence-electron chi connectivity index (χ3n) is 4.93. The largest absolute Gasteiger partial charge is 0.366 e. The molecule has 0 fully saturated rings. The van der Waals surface area contributed by atoms with Gasteiger partial charge in [0, 0.05) is 16.8 Å². The summed E-state index contributed by atoms with van der Waals surface area (Å²) in [6, 6.07) is 17.6. The van der Waals surface area contributed by atoms with Crippen LogP contribution in [-0.4, -0.2) is 23.6 Å². The Hall–Kier alpha value is -4.26. The molecule has 0 bridgehead atoms. The molecule has 3 aromatic rings. The van der Waals surface area contributed by atoms with E-state index in [9.17, 15) is 19.2 Å². The van der Waals surface area contributed by atoms with E-state index in [0.717, 1.165) is 10.5 Å². The van der Waals surface area contributed by atoms with Gasteiger partial charge in [-0.3, -0.25) is 19.2 Å². The van der Waals surface area contributed by atoms with E-state index >= 15 is 0 Å². The first-order valence-electron chi connectivity index (χ1n) is 9.16. The molecule has 4 amide bonds. The second-order valence-electron chi connectivity index (χ2n) is 6.89. The Morgan fingerprint density at radius 3 is 2.13 bits per heavy atom. The van der Waals surface area contributed by atoms with E-state index in [2.05, 4.69) is 5.32 Å². The number of nitrogens with one attached hydrogen (secondary N) is 1. The second kappa shape index (κ2) is 7.29. The van der Waals surface area contributed by atoms with Crippen molar-refractivity contribution in [3.63, 3.8) is 0 Å². The summed E-state index contributed by atoms with van der Waals surface area (Å²) in [5.41, 5.74) is 7.98. The topological polar surface area (TPSA) is 110 Å². The van der Waals surface area contributed by atoms with Crippen molar-refractivity contribution in [3.05, 3.63) is 94.5 Å². The molecule has 3 aromatic carbocycles. The van der Waals surface area contributed by atoms with Crippen LogP contribution in [0.5, 0.6) is 0 Å². The van der Waals surface area contributed by atoms with E-state index < -0.39 is 23.6 Å². The number of para-hydroxylation sites is 1. The Bertz CT molecular complexity index is 1220. The van der Waals surface area contributed by atoms with Crippen molar-refractivity contribution in [3.8, 4) is 0 Å². The third kappa shape index (κ3) is 3.22. The summed E-state index contributed by atoms with van der Waals surface area (Å²) < 4.78 is 0. The van der Waals surface area contributed by atoms with Gasteiger partial charge in [-0.1, -0.05) is 18.2 Å². The second-order valence-corrected chi connectivity index (χ2v) is 6.89. The number of nitrogens with zero attached hydrogens (tertiary/aromatic N) is 1. The lowest BCUT2D eigenvalue weighted by Crippen LogP contribution is -2.29. The van der Waals surface area contributed by atoms with Gasteiger partial charge >= 0.3 is 0 Å². The Morgan fingerprint density at radius 2 is 1.47 bits per heavy atom. The van der Waals surface area contributed by atoms with Crippen molar-refractivity contribution in [2.45, 2.75) is 6.92 Å². The van der Waals surface area contributed by atoms with Gasteiger partial charge in [-0.15, -0.1) is 0 Å². The molecule has 0 aromatic heterocycles. The minimum absolute atomic E-state index is 0.181. The number of amides is 4. The number of imide groups is 1. The summed E-state index contributed by atoms with van der Waals surface area (Å²) in [5, 5.41) is 2.69. The number of carbonyl (C=O) groups is 4. The molecule has 1 aliphatic rings. The van der Waals surface area contributed by atoms with Crippen molar-refractivity contribution in [2.75, 3.05) is 10.2 Å². The number of aryl methyl sites for hydroxylation is 1. The number of fused-ring (bicyclic) bond motifs is 1. The normalized spacial score (nSPS) is 12.6. The monoisotopic (exact) mass is 399 g/mol. The predicted molar refractivity (Wildman–Crippen MR) is 112 cm³/mol. The molecule has 0 radical (unpaired) electrons. The molecular weight excluding hydrogens is 382 g/mol. The maximum absolute atomic E-state index is 12.9. The summed E-state index contributed by atoms with van der Waals surface area (Å²) in [6.07, 6.45) is 0. The van der Waals surface area contributed by atoms with Crippen LogP contribution < -0.4 is 16.0 Å². The molecule has 148 valence electrons. The van der Waals surface area contributed by atoms with Crippen LogP contribution in [0.1, 0.15) is 47.0 Å². The number of hydrogen-bond acceptors (Lipinski definition) is 4. The van der Waals surface area contributed by atoms with Gasteiger partial charge in [-0.25, -0.2) is 4.90 Å². The van der Waals surface area contributed by atoms with Crippen LogP contribution in [0.15, 0.2) is 66.7 Å². The first-order chi connectivity index (χ1) is 14.4. The third-order valence-corrected chi connectivity index (χ3v) is 4.93. The summed E-state index contributed by atoms with van der Waals surface area (Å²) >= 11 is 0. The Labute approximate surface area is 172 Å². The lowest BCUT2D eigenvalue weighted by atomic mass is 10.1. The molecule has 7 nitrogen and oxygen atoms in total. The molecule has 4 rings (SSSR count). The van der Waals surface area contributed by atoms with Crippen molar-refractivity contribution in [2.24, 2.45) is 5.73 Å². The lowest BCUT2D eigenvalue weighted by Gasteiger charge is -2.16. The Kier molecular flexibility index (Phi) is 4.63. The van der Waals surface area contributed by atoms with Gasteiger partial charge < -0.3 is 11.1 Å². The highest BCUT2D eigenvalue weighted by Crippen LogP contribution is 2.31. The minimum Gasteiger partial charge on any atom is -0.366 e. The molecule has 0 atom stereocenters. The van der Waals surface area contributed by atoms with Crippen molar-refractivity contribution < 1.29 is 19.2 Å². The quantitative estimate of drug-likeness (QED) is 0.657. The zero-order chi connectivity index (χ0) is 21.4. The van der Waals surface area contributed by atoms with Gasteiger partial charge in [0.2, 0.25) is 5.91 Å². The molecular formula is C23H17N3O4. The fourth-order valence-electron chi connectivity index (χ4n) is 3.34. The number of rotatable bonds is 4. The Morgan fingerprint density at radius 1 is 0.833 bits per heavy atom. The van der Waals surface area contributed by atoms with Gasteiger partial charge in [-0.2, -0.15) is 0 Å². The van der Waals surface area contributed by atoms with Crippen LogP contribution in [0.2, 0.25) is 0 Å². The van der Waals surface area contributed by atoms with Gasteiger partial charge in [0.15, 0.2) is 0 Å². The summed E-state index contributed by atoms with van der Waals surface area (Å²) in [6.45, 7) is 1.82. The van der Waals surface area contributed by atoms with Crippen LogP contribution in [0.3, 0.4) is 0 Å².